The highest BCUT2D eigenvalue weighted by Gasteiger charge is 2.26. The lowest BCUT2D eigenvalue weighted by atomic mass is 10.1. The lowest BCUT2D eigenvalue weighted by Gasteiger charge is -2.29. The summed E-state index contributed by atoms with van der Waals surface area (Å²) in [7, 11) is 1.67. The first-order valence-electron chi connectivity index (χ1n) is 11.3. The molecule has 2 aliphatic rings. The van der Waals surface area contributed by atoms with Crippen molar-refractivity contribution in [3.05, 3.63) is 24.3 Å². The van der Waals surface area contributed by atoms with Gasteiger partial charge in [0.2, 0.25) is 0 Å². The van der Waals surface area contributed by atoms with Gasteiger partial charge in [-0.15, -0.1) is 0 Å². The van der Waals surface area contributed by atoms with Gasteiger partial charge in [-0.3, -0.25) is 4.99 Å². The zero-order valence-corrected chi connectivity index (χ0v) is 18.2. The van der Waals surface area contributed by atoms with Gasteiger partial charge in [-0.1, -0.05) is 12.5 Å². The average Bonchev–Trinajstić information content (AvgIpc) is 3.22. The number of nitrogens with one attached hydrogen (secondary N) is 1. The number of nitrogens with zero attached hydrogens (tertiary/aromatic N) is 3. The molecule has 6 nitrogen and oxygen atoms in total. The van der Waals surface area contributed by atoms with Gasteiger partial charge in [-0.05, 0) is 57.3 Å². The molecule has 3 rings (SSSR count). The number of hydrogen-bond acceptors (Lipinski definition) is 4. The molecule has 0 radical (unpaired) electrons. The fourth-order valence-corrected chi connectivity index (χ4v) is 4.24. The first-order chi connectivity index (χ1) is 14.3. The van der Waals surface area contributed by atoms with Crippen molar-refractivity contribution < 1.29 is 9.47 Å². The van der Waals surface area contributed by atoms with Crippen LogP contribution in [-0.4, -0.2) is 75.3 Å². The lowest BCUT2D eigenvalue weighted by molar-refractivity contribution is 0.198. The summed E-state index contributed by atoms with van der Waals surface area (Å²) in [6.07, 6.45) is 6.33. The van der Waals surface area contributed by atoms with Crippen molar-refractivity contribution in [2.24, 2.45) is 10.9 Å². The number of aliphatic imine (C=N–C) groups is 1. The summed E-state index contributed by atoms with van der Waals surface area (Å²) in [5.41, 5.74) is 0. The number of ether oxygens (including phenoxy) is 2. The van der Waals surface area contributed by atoms with Crippen LogP contribution in [-0.2, 0) is 0 Å². The summed E-state index contributed by atoms with van der Waals surface area (Å²) in [6.45, 7) is 10.6. The van der Waals surface area contributed by atoms with Crippen molar-refractivity contribution >= 4 is 5.96 Å². The minimum atomic E-state index is 0.660. The largest absolute Gasteiger partial charge is 0.497 e. The molecule has 0 spiro atoms. The number of guanidine groups is 1. The van der Waals surface area contributed by atoms with Crippen LogP contribution in [0.5, 0.6) is 11.5 Å². The van der Waals surface area contributed by atoms with E-state index in [4.69, 9.17) is 14.5 Å². The molecule has 1 unspecified atom stereocenters. The van der Waals surface area contributed by atoms with E-state index in [9.17, 15) is 0 Å². The molecule has 162 valence electrons. The maximum absolute atomic E-state index is 5.83. The maximum Gasteiger partial charge on any atom is 0.193 e. The van der Waals surface area contributed by atoms with Crippen molar-refractivity contribution in [3.8, 4) is 11.5 Å². The summed E-state index contributed by atoms with van der Waals surface area (Å²) in [5.74, 6) is 3.51. The molecule has 2 saturated heterocycles. The van der Waals surface area contributed by atoms with E-state index in [1.165, 1.54) is 45.3 Å². The van der Waals surface area contributed by atoms with Crippen LogP contribution in [0.15, 0.2) is 29.3 Å². The smallest absolute Gasteiger partial charge is 0.193 e. The molecule has 2 fully saturated rings. The maximum atomic E-state index is 5.83. The number of likely N-dealkylation sites (tertiary alicyclic amines) is 2. The summed E-state index contributed by atoms with van der Waals surface area (Å²) in [4.78, 5) is 9.96. The van der Waals surface area contributed by atoms with E-state index in [1.54, 1.807) is 7.11 Å². The van der Waals surface area contributed by atoms with Crippen LogP contribution in [0.4, 0.5) is 0 Å². The Bertz CT molecular complexity index is 631. The third kappa shape index (κ3) is 7.11. The molecule has 0 bridgehead atoms. The molecule has 0 aliphatic carbocycles. The minimum Gasteiger partial charge on any atom is -0.497 e. The Morgan fingerprint density at radius 3 is 2.79 bits per heavy atom. The van der Waals surface area contributed by atoms with Gasteiger partial charge in [-0.25, -0.2) is 0 Å². The van der Waals surface area contributed by atoms with Gasteiger partial charge < -0.3 is 24.6 Å². The molecule has 1 aromatic carbocycles. The molecule has 0 aromatic heterocycles. The van der Waals surface area contributed by atoms with Crippen LogP contribution in [0.2, 0.25) is 0 Å². The molecule has 2 heterocycles. The highest BCUT2D eigenvalue weighted by atomic mass is 16.5. The number of benzene rings is 1. The molecular formula is C23H38N4O2. The van der Waals surface area contributed by atoms with Gasteiger partial charge in [-0.2, -0.15) is 0 Å². The Labute approximate surface area is 176 Å². The highest BCUT2D eigenvalue weighted by molar-refractivity contribution is 5.80. The van der Waals surface area contributed by atoms with Crippen molar-refractivity contribution in [1.29, 1.82) is 0 Å². The Kier molecular flexibility index (Phi) is 8.93. The third-order valence-corrected chi connectivity index (χ3v) is 5.76. The second-order valence-electron chi connectivity index (χ2n) is 8.08. The molecule has 0 saturated carbocycles. The molecule has 6 heteroatoms. The first kappa shape index (κ1) is 21.8. The molecular weight excluding hydrogens is 364 g/mol. The lowest BCUT2D eigenvalue weighted by Crippen LogP contribution is -2.41. The van der Waals surface area contributed by atoms with Gasteiger partial charge in [0, 0.05) is 45.2 Å². The fraction of sp³-hybridized carbons (Fsp3) is 0.696. The number of hydrogen-bond donors (Lipinski definition) is 1. The van der Waals surface area contributed by atoms with E-state index in [2.05, 4.69) is 22.0 Å². The molecule has 1 aromatic rings. The Morgan fingerprint density at radius 1 is 1.17 bits per heavy atom. The normalized spacial score (nSPS) is 20.7. The Morgan fingerprint density at radius 2 is 2.00 bits per heavy atom. The molecule has 1 N–H and O–H groups in total. The fourth-order valence-electron chi connectivity index (χ4n) is 4.24. The summed E-state index contributed by atoms with van der Waals surface area (Å²) >= 11 is 0. The Hall–Kier alpha value is -1.95. The van der Waals surface area contributed by atoms with Crippen molar-refractivity contribution in [3.63, 3.8) is 0 Å². The van der Waals surface area contributed by atoms with E-state index in [0.29, 0.717) is 6.61 Å². The molecule has 29 heavy (non-hydrogen) atoms. The quantitative estimate of drug-likeness (QED) is 0.390. The van der Waals surface area contributed by atoms with Crippen molar-refractivity contribution in [2.75, 3.05) is 59.5 Å². The summed E-state index contributed by atoms with van der Waals surface area (Å²) in [6, 6.07) is 7.75. The number of methoxy groups -OCH3 is 1. The van der Waals surface area contributed by atoms with E-state index in [1.807, 2.05) is 24.3 Å². The molecule has 1 atom stereocenters. The van der Waals surface area contributed by atoms with Gasteiger partial charge in [0.1, 0.15) is 11.5 Å². The number of rotatable bonds is 9. The predicted octanol–water partition coefficient (Wildman–Crippen LogP) is 3.24. The minimum absolute atomic E-state index is 0.660. The standard InChI is InChI=1S/C23H38N4O2/c1-3-24-23(25-12-8-16-29-22-10-7-9-21(17-22)28-2)27-15-11-20(19-27)18-26-13-5-4-6-14-26/h7,9-10,17,20H,3-6,8,11-16,18-19H2,1-2H3,(H,24,25). The first-order valence-corrected chi connectivity index (χ1v) is 11.3. The van der Waals surface area contributed by atoms with E-state index < -0.39 is 0 Å². The molecule has 2 aliphatic heterocycles. The Balaban J connectivity index is 1.40. The van der Waals surface area contributed by atoms with E-state index in [0.717, 1.165) is 56.0 Å². The zero-order valence-electron chi connectivity index (χ0n) is 18.2. The molecule has 0 amide bonds. The van der Waals surface area contributed by atoms with E-state index >= 15 is 0 Å². The third-order valence-electron chi connectivity index (χ3n) is 5.76. The average molecular weight is 403 g/mol. The van der Waals surface area contributed by atoms with Crippen LogP contribution in [0.3, 0.4) is 0 Å². The van der Waals surface area contributed by atoms with Crippen LogP contribution < -0.4 is 14.8 Å². The van der Waals surface area contributed by atoms with E-state index in [-0.39, 0.29) is 0 Å². The van der Waals surface area contributed by atoms with Crippen molar-refractivity contribution in [1.82, 2.24) is 15.1 Å². The predicted molar refractivity (Wildman–Crippen MR) is 119 cm³/mol. The van der Waals surface area contributed by atoms with Crippen LogP contribution >= 0.6 is 0 Å². The monoisotopic (exact) mass is 402 g/mol. The van der Waals surface area contributed by atoms with Gasteiger partial charge in [0.05, 0.1) is 13.7 Å². The number of piperidine rings is 1. The zero-order chi connectivity index (χ0) is 20.3. The van der Waals surface area contributed by atoms with Crippen molar-refractivity contribution in [2.45, 2.75) is 39.0 Å². The van der Waals surface area contributed by atoms with Crippen LogP contribution in [0, 0.1) is 5.92 Å². The van der Waals surface area contributed by atoms with Gasteiger partial charge >= 0.3 is 0 Å². The highest BCUT2D eigenvalue weighted by Crippen LogP contribution is 2.20. The van der Waals surface area contributed by atoms with Gasteiger partial charge in [0.25, 0.3) is 0 Å². The second-order valence-corrected chi connectivity index (χ2v) is 8.08. The summed E-state index contributed by atoms with van der Waals surface area (Å²) < 4.78 is 11.1. The van der Waals surface area contributed by atoms with Crippen LogP contribution in [0.25, 0.3) is 0 Å². The second kappa shape index (κ2) is 11.9. The van der Waals surface area contributed by atoms with Crippen LogP contribution in [0.1, 0.15) is 39.0 Å². The SMILES string of the molecule is CCNC(=NCCCOc1cccc(OC)c1)N1CCC(CN2CCCCC2)C1. The summed E-state index contributed by atoms with van der Waals surface area (Å²) in [5, 5.41) is 3.48. The topological polar surface area (TPSA) is 49.3 Å². The van der Waals surface area contributed by atoms with Gasteiger partial charge in [0.15, 0.2) is 5.96 Å².